The lowest BCUT2D eigenvalue weighted by Gasteiger charge is -2.17. The molecule has 132 valence electrons. The van der Waals surface area contributed by atoms with Gasteiger partial charge in [-0.3, -0.25) is 9.59 Å². The molecule has 1 unspecified atom stereocenters. The van der Waals surface area contributed by atoms with E-state index in [-0.39, 0.29) is 23.2 Å². The molecule has 5 nitrogen and oxygen atoms in total. The zero-order valence-corrected chi connectivity index (χ0v) is 15.0. The van der Waals surface area contributed by atoms with E-state index in [9.17, 15) is 9.59 Å². The number of hydrogen-bond acceptors (Lipinski definition) is 3. The lowest BCUT2D eigenvalue weighted by Crippen LogP contribution is -2.31. The molecule has 0 saturated carbocycles. The van der Waals surface area contributed by atoms with Crippen LogP contribution < -0.4 is 10.9 Å². The van der Waals surface area contributed by atoms with Crippen LogP contribution in [0.15, 0.2) is 71.5 Å². The molecule has 0 fully saturated rings. The number of carbonyl (C=O) groups is 1. The van der Waals surface area contributed by atoms with Crippen LogP contribution in [0.2, 0.25) is 5.02 Å². The summed E-state index contributed by atoms with van der Waals surface area (Å²) in [6.07, 6.45) is 0.714. The Balaban J connectivity index is 1.85. The number of rotatable bonds is 5. The molecule has 6 heteroatoms. The average Bonchev–Trinajstić information content (AvgIpc) is 2.68. The second-order valence-corrected chi connectivity index (χ2v) is 6.23. The SMILES string of the molecule is CCC(NC(=O)c1ccc(=O)n(-c2ccccc2)n1)c1ccc(Cl)cc1. The van der Waals surface area contributed by atoms with E-state index in [1.54, 1.807) is 24.3 Å². The number of nitrogens with one attached hydrogen (secondary N) is 1. The van der Waals surface area contributed by atoms with Crippen molar-refractivity contribution in [3.8, 4) is 5.69 Å². The lowest BCUT2D eigenvalue weighted by atomic mass is 10.0. The van der Waals surface area contributed by atoms with E-state index in [4.69, 9.17) is 11.6 Å². The summed E-state index contributed by atoms with van der Waals surface area (Å²) in [4.78, 5) is 24.7. The minimum atomic E-state index is -0.337. The molecular formula is C20H18ClN3O2. The van der Waals surface area contributed by atoms with Crippen molar-refractivity contribution >= 4 is 17.5 Å². The largest absolute Gasteiger partial charge is 0.344 e. The average molecular weight is 368 g/mol. The highest BCUT2D eigenvalue weighted by molar-refractivity contribution is 6.30. The third kappa shape index (κ3) is 4.00. The number of amides is 1. The van der Waals surface area contributed by atoms with Crippen molar-refractivity contribution in [2.75, 3.05) is 0 Å². The van der Waals surface area contributed by atoms with Gasteiger partial charge in [0.15, 0.2) is 0 Å². The van der Waals surface area contributed by atoms with Gasteiger partial charge in [-0.2, -0.15) is 9.78 Å². The van der Waals surface area contributed by atoms with Gasteiger partial charge < -0.3 is 5.32 Å². The standard InChI is InChI=1S/C20H18ClN3O2/c1-2-17(14-8-10-15(21)11-9-14)22-20(26)18-12-13-19(25)24(23-18)16-6-4-3-5-7-16/h3-13,17H,2H2,1H3,(H,22,26). The summed E-state index contributed by atoms with van der Waals surface area (Å²) < 4.78 is 1.22. The number of halogens is 1. The molecule has 1 heterocycles. The first-order valence-corrected chi connectivity index (χ1v) is 8.68. The van der Waals surface area contributed by atoms with Crippen LogP contribution in [0.4, 0.5) is 0 Å². The molecule has 0 aliphatic carbocycles. The maximum atomic E-state index is 12.6. The Hall–Kier alpha value is -2.92. The van der Waals surface area contributed by atoms with Gasteiger partial charge in [-0.1, -0.05) is 48.9 Å². The molecule has 0 spiro atoms. The van der Waals surface area contributed by atoms with E-state index in [1.807, 2.05) is 37.3 Å². The fourth-order valence-electron chi connectivity index (χ4n) is 2.63. The van der Waals surface area contributed by atoms with Crippen LogP contribution in [0.3, 0.4) is 0 Å². The van der Waals surface area contributed by atoms with Crippen LogP contribution >= 0.6 is 11.6 Å². The minimum Gasteiger partial charge on any atom is -0.344 e. The molecule has 3 rings (SSSR count). The zero-order valence-electron chi connectivity index (χ0n) is 14.2. The molecular weight excluding hydrogens is 350 g/mol. The summed E-state index contributed by atoms with van der Waals surface area (Å²) in [6.45, 7) is 1.98. The molecule has 3 aromatic rings. The van der Waals surface area contributed by atoms with Gasteiger partial charge >= 0.3 is 0 Å². The molecule has 0 saturated heterocycles. The Morgan fingerprint density at radius 1 is 1.08 bits per heavy atom. The first-order chi connectivity index (χ1) is 12.6. The highest BCUT2D eigenvalue weighted by atomic mass is 35.5. The van der Waals surface area contributed by atoms with Gasteiger partial charge in [0, 0.05) is 11.1 Å². The number of para-hydroxylation sites is 1. The highest BCUT2D eigenvalue weighted by Crippen LogP contribution is 2.19. The number of benzene rings is 2. The number of nitrogens with zero attached hydrogens (tertiary/aromatic N) is 2. The van der Waals surface area contributed by atoms with Crippen molar-refractivity contribution in [2.45, 2.75) is 19.4 Å². The van der Waals surface area contributed by atoms with Gasteiger partial charge in [0.2, 0.25) is 0 Å². The topological polar surface area (TPSA) is 64.0 Å². The maximum absolute atomic E-state index is 12.6. The summed E-state index contributed by atoms with van der Waals surface area (Å²) in [6, 6.07) is 19.0. The second kappa shape index (κ2) is 7.97. The van der Waals surface area contributed by atoms with E-state index in [0.717, 1.165) is 5.56 Å². The van der Waals surface area contributed by atoms with Gasteiger partial charge in [0.1, 0.15) is 5.69 Å². The number of hydrogen-bond donors (Lipinski definition) is 1. The third-order valence-electron chi connectivity index (χ3n) is 4.02. The van der Waals surface area contributed by atoms with Crippen molar-refractivity contribution in [2.24, 2.45) is 0 Å². The summed E-state index contributed by atoms with van der Waals surface area (Å²) in [5, 5.41) is 7.81. The van der Waals surface area contributed by atoms with Crippen LogP contribution in [0.25, 0.3) is 5.69 Å². The van der Waals surface area contributed by atoms with Gasteiger partial charge in [-0.15, -0.1) is 0 Å². The van der Waals surface area contributed by atoms with Crippen molar-refractivity contribution in [1.29, 1.82) is 0 Å². The molecule has 26 heavy (non-hydrogen) atoms. The van der Waals surface area contributed by atoms with E-state index >= 15 is 0 Å². The fraction of sp³-hybridized carbons (Fsp3) is 0.150. The Kier molecular flexibility index (Phi) is 5.49. The van der Waals surface area contributed by atoms with Crippen LogP contribution in [0.1, 0.15) is 35.4 Å². The van der Waals surface area contributed by atoms with Crippen molar-refractivity contribution in [3.63, 3.8) is 0 Å². The molecule has 0 bridgehead atoms. The van der Waals surface area contributed by atoms with Gasteiger partial charge in [0.05, 0.1) is 11.7 Å². The zero-order chi connectivity index (χ0) is 18.5. The first kappa shape index (κ1) is 17.9. The molecule has 0 aliphatic heterocycles. The molecule has 1 atom stereocenters. The van der Waals surface area contributed by atoms with Crippen LogP contribution in [-0.4, -0.2) is 15.7 Å². The Labute approximate surface area is 156 Å². The van der Waals surface area contributed by atoms with Crippen molar-refractivity contribution < 1.29 is 4.79 Å². The molecule has 1 N–H and O–H groups in total. The molecule has 2 aromatic carbocycles. The monoisotopic (exact) mass is 367 g/mol. The highest BCUT2D eigenvalue weighted by Gasteiger charge is 2.16. The van der Waals surface area contributed by atoms with Gasteiger partial charge in [0.25, 0.3) is 11.5 Å². The minimum absolute atomic E-state index is 0.168. The first-order valence-electron chi connectivity index (χ1n) is 8.30. The number of aromatic nitrogens is 2. The maximum Gasteiger partial charge on any atom is 0.272 e. The van der Waals surface area contributed by atoms with Gasteiger partial charge in [-0.05, 0) is 42.3 Å². The third-order valence-corrected chi connectivity index (χ3v) is 4.27. The van der Waals surface area contributed by atoms with Crippen LogP contribution in [-0.2, 0) is 0 Å². The van der Waals surface area contributed by atoms with E-state index in [0.29, 0.717) is 17.1 Å². The molecule has 1 aromatic heterocycles. The van der Waals surface area contributed by atoms with E-state index in [1.165, 1.54) is 16.8 Å². The summed E-state index contributed by atoms with van der Waals surface area (Å²) >= 11 is 5.92. The lowest BCUT2D eigenvalue weighted by molar-refractivity contribution is 0.0928. The van der Waals surface area contributed by atoms with E-state index in [2.05, 4.69) is 10.4 Å². The molecule has 0 aliphatic rings. The van der Waals surface area contributed by atoms with Gasteiger partial charge in [-0.25, -0.2) is 0 Å². The van der Waals surface area contributed by atoms with Crippen molar-refractivity contribution in [1.82, 2.24) is 15.1 Å². The second-order valence-electron chi connectivity index (χ2n) is 5.79. The van der Waals surface area contributed by atoms with Crippen molar-refractivity contribution in [3.05, 3.63) is 93.4 Å². The quantitative estimate of drug-likeness (QED) is 0.746. The Bertz CT molecular complexity index is 953. The summed E-state index contributed by atoms with van der Waals surface area (Å²) in [5.74, 6) is -0.337. The predicted molar refractivity (Wildman–Crippen MR) is 102 cm³/mol. The van der Waals surface area contributed by atoms with Crippen LogP contribution in [0.5, 0.6) is 0 Å². The summed E-state index contributed by atoms with van der Waals surface area (Å²) in [5.41, 5.74) is 1.46. The Morgan fingerprint density at radius 2 is 1.77 bits per heavy atom. The predicted octanol–water partition coefficient (Wildman–Crippen LogP) is 3.77. The van der Waals surface area contributed by atoms with E-state index < -0.39 is 0 Å². The Morgan fingerprint density at radius 3 is 2.42 bits per heavy atom. The fourth-order valence-corrected chi connectivity index (χ4v) is 2.76. The molecule has 0 radical (unpaired) electrons. The van der Waals surface area contributed by atoms with Crippen LogP contribution in [0, 0.1) is 0 Å². The summed E-state index contributed by atoms with van der Waals surface area (Å²) in [7, 11) is 0. The molecule has 1 amide bonds. The normalized spacial score (nSPS) is 11.8. The number of carbonyl (C=O) groups excluding carboxylic acids is 1. The smallest absolute Gasteiger partial charge is 0.272 e.